The lowest BCUT2D eigenvalue weighted by molar-refractivity contribution is -0.138. The van der Waals surface area contributed by atoms with Crippen LogP contribution in [0.15, 0.2) is 54.9 Å². The number of hydrogen-bond acceptors (Lipinski definition) is 5. The van der Waals surface area contributed by atoms with Gasteiger partial charge in [0, 0.05) is 12.1 Å². The molecule has 4 aromatic rings. The maximum Gasteiger partial charge on any atom is 0.416 e. The summed E-state index contributed by atoms with van der Waals surface area (Å²) in [7, 11) is 0. The second kappa shape index (κ2) is 7.92. The van der Waals surface area contributed by atoms with Gasteiger partial charge >= 0.3 is 6.18 Å². The van der Waals surface area contributed by atoms with Crippen molar-refractivity contribution in [3.63, 3.8) is 0 Å². The fourth-order valence-corrected chi connectivity index (χ4v) is 4.20. The fourth-order valence-electron chi connectivity index (χ4n) is 3.27. The Kier molecular flexibility index (Phi) is 5.43. The first-order chi connectivity index (χ1) is 14.6. The molecule has 160 valence electrons. The van der Waals surface area contributed by atoms with E-state index in [0.29, 0.717) is 21.2 Å². The molecule has 0 unspecified atom stereocenters. The predicted molar refractivity (Wildman–Crippen MR) is 118 cm³/mol. The Labute approximate surface area is 182 Å². The van der Waals surface area contributed by atoms with Gasteiger partial charge in [-0.15, -0.1) is 0 Å². The molecule has 0 fully saturated rings. The highest BCUT2D eigenvalue weighted by atomic mass is 32.1. The summed E-state index contributed by atoms with van der Waals surface area (Å²) >= 11 is 1.27. The number of nitrogens with zero attached hydrogens (tertiary/aromatic N) is 3. The summed E-state index contributed by atoms with van der Waals surface area (Å²) in [4.78, 5) is 13.7. The first-order valence-corrected chi connectivity index (χ1v) is 10.6. The standard InChI is InChI=1S/C23H21F3N4S/c1-22(2,3)15-8-10-16(11-9-15)29-20-19-21(28-13-27-20)31-18(30-19)12-14-6-4-5-7-17(14)23(24,25)26/h4-11,13H,12H2,1-3H3,(H,27,28,29). The molecule has 4 rings (SSSR count). The molecule has 0 aliphatic rings. The van der Waals surface area contributed by atoms with Crippen molar-refractivity contribution in [3.05, 3.63) is 76.6 Å². The highest BCUT2D eigenvalue weighted by Crippen LogP contribution is 2.34. The number of fused-ring (bicyclic) bond motifs is 1. The molecule has 4 nitrogen and oxygen atoms in total. The quantitative estimate of drug-likeness (QED) is 0.380. The van der Waals surface area contributed by atoms with Gasteiger partial charge in [-0.05, 0) is 34.7 Å². The van der Waals surface area contributed by atoms with Gasteiger partial charge in [-0.1, -0.05) is 62.4 Å². The van der Waals surface area contributed by atoms with Crippen LogP contribution in [0, 0.1) is 0 Å². The molecule has 0 spiro atoms. The molecule has 0 saturated carbocycles. The zero-order valence-electron chi connectivity index (χ0n) is 17.3. The van der Waals surface area contributed by atoms with Crippen LogP contribution < -0.4 is 5.32 Å². The van der Waals surface area contributed by atoms with Crippen LogP contribution in [0.4, 0.5) is 24.7 Å². The largest absolute Gasteiger partial charge is 0.416 e. The van der Waals surface area contributed by atoms with Crippen LogP contribution >= 0.6 is 11.3 Å². The van der Waals surface area contributed by atoms with Crippen molar-refractivity contribution in [2.75, 3.05) is 5.32 Å². The number of anilines is 2. The lowest BCUT2D eigenvalue weighted by atomic mass is 9.87. The average Bonchev–Trinajstić information content (AvgIpc) is 3.11. The Morgan fingerprint density at radius 2 is 1.65 bits per heavy atom. The predicted octanol–water partition coefficient (Wildman–Crippen LogP) is 6.74. The molecule has 2 aromatic carbocycles. The monoisotopic (exact) mass is 442 g/mol. The van der Waals surface area contributed by atoms with Crippen molar-refractivity contribution in [2.45, 2.75) is 38.8 Å². The van der Waals surface area contributed by atoms with Crippen molar-refractivity contribution in [1.29, 1.82) is 0 Å². The lowest BCUT2D eigenvalue weighted by Crippen LogP contribution is -2.10. The summed E-state index contributed by atoms with van der Waals surface area (Å²) in [5.74, 6) is 0.528. The van der Waals surface area contributed by atoms with E-state index < -0.39 is 11.7 Å². The maximum absolute atomic E-state index is 13.3. The average molecular weight is 443 g/mol. The Balaban J connectivity index is 1.63. The molecule has 0 bridgehead atoms. The van der Waals surface area contributed by atoms with E-state index in [4.69, 9.17) is 0 Å². The molecule has 0 atom stereocenters. The van der Waals surface area contributed by atoms with Crippen LogP contribution in [0.5, 0.6) is 0 Å². The van der Waals surface area contributed by atoms with Crippen molar-refractivity contribution in [1.82, 2.24) is 15.0 Å². The zero-order valence-corrected chi connectivity index (χ0v) is 18.1. The van der Waals surface area contributed by atoms with E-state index in [1.807, 2.05) is 12.1 Å². The van der Waals surface area contributed by atoms with Crippen LogP contribution in [0.3, 0.4) is 0 Å². The summed E-state index contributed by atoms with van der Waals surface area (Å²) in [6, 6.07) is 13.6. The number of alkyl halides is 3. The second-order valence-electron chi connectivity index (χ2n) is 8.27. The smallest absolute Gasteiger partial charge is 0.338 e. The Morgan fingerprint density at radius 3 is 2.32 bits per heavy atom. The van der Waals surface area contributed by atoms with E-state index in [9.17, 15) is 13.2 Å². The van der Waals surface area contributed by atoms with Gasteiger partial charge in [0.05, 0.1) is 5.56 Å². The number of thiazole rings is 1. The van der Waals surface area contributed by atoms with Crippen molar-refractivity contribution >= 4 is 33.2 Å². The van der Waals surface area contributed by atoms with Crippen LogP contribution in [0.25, 0.3) is 10.3 Å². The number of aromatic nitrogens is 3. The topological polar surface area (TPSA) is 50.7 Å². The SMILES string of the molecule is CC(C)(C)c1ccc(Nc2ncnc3sc(Cc4ccccc4C(F)(F)F)nc23)cc1. The van der Waals surface area contributed by atoms with E-state index in [1.165, 1.54) is 35.4 Å². The van der Waals surface area contributed by atoms with Gasteiger partial charge in [0.25, 0.3) is 0 Å². The van der Waals surface area contributed by atoms with Gasteiger partial charge in [-0.3, -0.25) is 0 Å². The molecule has 0 radical (unpaired) electrons. The number of benzene rings is 2. The van der Waals surface area contributed by atoms with Gasteiger partial charge in [0.15, 0.2) is 5.82 Å². The summed E-state index contributed by atoms with van der Waals surface area (Å²) in [5, 5.41) is 3.81. The molecular weight excluding hydrogens is 421 g/mol. The van der Waals surface area contributed by atoms with Crippen molar-refractivity contribution in [3.8, 4) is 0 Å². The van der Waals surface area contributed by atoms with E-state index in [1.54, 1.807) is 6.07 Å². The lowest BCUT2D eigenvalue weighted by Gasteiger charge is -2.19. The maximum atomic E-state index is 13.3. The third-order valence-electron chi connectivity index (χ3n) is 4.92. The van der Waals surface area contributed by atoms with Crippen LogP contribution in [0.2, 0.25) is 0 Å². The Morgan fingerprint density at radius 1 is 0.935 bits per heavy atom. The minimum absolute atomic E-state index is 0.0528. The molecule has 0 saturated heterocycles. The normalized spacial score (nSPS) is 12.3. The van der Waals surface area contributed by atoms with Gasteiger partial charge in [-0.25, -0.2) is 15.0 Å². The van der Waals surface area contributed by atoms with Gasteiger partial charge < -0.3 is 5.32 Å². The highest BCUT2D eigenvalue weighted by Gasteiger charge is 2.33. The van der Waals surface area contributed by atoms with E-state index >= 15 is 0 Å². The molecule has 0 amide bonds. The van der Waals surface area contributed by atoms with Crippen LogP contribution in [-0.4, -0.2) is 15.0 Å². The molecule has 1 N–H and O–H groups in total. The van der Waals surface area contributed by atoms with Gasteiger partial charge in [0.1, 0.15) is 21.7 Å². The zero-order chi connectivity index (χ0) is 22.2. The molecule has 8 heteroatoms. The Bertz CT molecular complexity index is 1210. The summed E-state index contributed by atoms with van der Waals surface area (Å²) < 4.78 is 39.9. The van der Waals surface area contributed by atoms with Crippen LogP contribution in [-0.2, 0) is 18.0 Å². The third-order valence-corrected chi connectivity index (χ3v) is 5.88. The summed E-state index contributed by atoms with van der Waals surface area (Å²) in [6.07, 6.45) is -2.89. The van der Waals surface area contributed by atoms with E-state index in [0.717, 1.165) is 11.8 Å². The van der Waals surface area contributed by atoms with Crippen molar-refractivity contribution in [2.24, 2.45) is 0 Å². The number of halogens is 3. The minimum Gasteiger partial charge on any atom is -0.338 e. The molecule has 0 aliphatic heterocycles. The highest BCUT2D eigenvalue weighted by molar-refractivity contribution is 7.18. The van der Waals surface area contributed by atoms with Gasteiger partial charge in [-0.2, -0.15) is 13.2 Å². The van der Waals surface area contributed by atoms with Crippen molar-refractivity contribution < 1.29 is 13.2 Å². The minimum atomic E-state index is -4.40. The van der Waals surface area contributed by atoms with Gasteiger partial charge in [0.2, 0.25) is 0 Å². The number of hydrogen-bond donors (Lipinski definition) is 1. The number of rotatable bonds is 4. The summed E-state index contributed by atoms with van der Waals surface area (Å²) in [6.45, 7) is 6.45. The molecular formula is C23H21F3N4S. The third kappa shape index (κ3) is 4.69. The molecule has 31 heavy (non-hydrogen) atoms. The first kappa shape index (κ1) is 21.2. The fraction of sp³-hybridized carbons (Fsp3) is 0.261. The molecule has 2 heterocycles. The molecule has 2 aromatic heterocycles. The molecule has 0 aliphatic carbocycles. The second-order valence-corrected chi connectivity index (χ2v) is 9.33. The first-order valence-electron chi connectivity index (χ1n) is 9.74. The Hall–Kier alpha value is -3.00. The number of nitrogens with one attached hydrogen (secondary N) is 1. The van der Waals surface area contributed by atoms with E-state index in [-0.39, 0.29) is 17.4 Å². The van der Waals surface area contributed by atoms with Crippen LogP contribution in [0.1, 0.15) is 42.5 Å². The summed E-state index contributed by atoms with van der Waals surface area (Å²) in [5.41, 5.74) is 2.21. The van der Waals surface area contributed by atoms with E-state index in [2.05, 4.69) is 53.2 Å².